The van der Waals surface area contributed by atoms with Gasteiger partial charge in [0.1, 0.15) is 5.75 Å². The number of fused-ring (bicyclic) bond motifs is 1. The number of alkyl halides is 1. The van der Waals surface area contributed by atoms with Crippen molar-refractivity contribution in [3.8, 4) is 5.75 Å². The van der Waals surface area contributed by atoms with Crippen molar-refractivity contribution in [1.29, 1.82) is 0 Å². The smallest absolute Gasteiger partial charge is 0.303 e. The van der Waals surface area contributed by atoms with Crippen molar-refractivity contribution >= 4 is 28.3 Å². The van der Waals surface area contributed by atoms with E-state index in [1.165, 1.54) is 5.39 Å². The van der Waals surface area contributed by atoms with Crippen LogP contribution in [0.2, 0.25) is 0 Å². The van der Waals surface area contributed by atoms with Gasteiger partial charge in [0.25, 0.3) is 0 Å². The first-order valence-electron chi connectivity index (χ1n) is 9.85. The molecule has 150 valence electrons. The summed E-state index contributed by atoms with van der Waals surface area (Å²) >= 11 is 6.48. The van der Waals surface area contributed by atoms with Gasteiger partial charge in [0.15, 0.2) is 0 Å². The number of rotatable bonds is 9. The molecule has 0 unspecified atom stereocenters. The van der Waals surface area contributed by atoms with E-state index in [4.69, 9.17) is 21.4 Å². The number of aliphatic carboxylic acids is 1. The summed E-state index contributed by atoms with van der Waals surface area (Å²) in [6.07, 6.45) is 6.52. The van der Waals surface area contributed by atoms with Gasteiger partial charge >= 0.3 is 5.97 Å². The largest absolute Gasteiger partial charge is 0.493 e. The van der Waals surface area contributed by atoms with Gasteiger partial charge in [0.05, 0.1) is 12.7 Å². The third kappa shape index (κ3) is 5.49. The first kappa shape index (κ1) is 20.7. The Morgan fingerprint density at radius 3 is 2.71 bits per heavy atom. The first-order valence-corrected chi connectivity index (χ1v) is 10.3. The molecule has 1 saturated carbocycles. The molecule has 3 rings (SSSR count). The van der Waals surface area contributed by atoms with Crippen LogP contribution in [0.3, 0.4) is 0 Å². The average molecular weight is 403 g/mol. The molecular formula is C23H27ClO4. The number of halogens is 1. The molecule has 1 aliphatic carbocycles. The van der Waals surface area contributed by atoms with Crippen LogP contribution in [0.1, 0.15) is 32.1 Å². The molecule has 0 heterocycles. The summed E-state index contributed by atoms with van der Waals surface area (Å²) in [6, 6.07) is 14.2. The molecule has 0 amide bonds. The number of carbonyl (C=O) groups is 1. The lowest BCUT2D eigenvalue weighted by Crippen LogP contribution is -2.27. The van der Waals surface area contributed by atoms with Crippen molar-refractivity contribution in [3.05, 3.63) is 54.6 Å². The van der Waals surface area contributed by atoms with Crippen LogP contribution in [0.4, 0.5) is 0 Å². The molecule has 0 aromatic heterocycles. The molecule has 0 bridgehead atoms. The van der Waals surface area contributed by atoms with Crippen LogP contribution in [0.15, 0.2) is 54.6 Å². The fourth-order valence-corrected chi connectivity index (χ4v) is 4.36. The van der Waals surface area contributed by atoms with Gasteiger partial charge in [-0.3, -0.25) is 4.79 Å². The predicted octanol–water partition coefficient (Wildman–Crippen LogP) is 5.02. The number of benzene rings is 2. The standard InChI is InChI=1S/C23H27ClO4/c24-21-14-22(25)20(19(21)9-3-1-2-4-10-23(26)27)15-28-18-12-11-16-7-5-6-8-17(16)13-18/h1,3,5-8,11-13,19-22,25H,2,4,9-10,14-15H2,(H,26,27)/t19-,20-,21-,22-/m1/s1. The molecular weight excluding hydrogens is 376 g/mol. The topological polar surface area (TPSA) is 66.8 Å². The van der Waals surface area contributed by atoms with E-state index in [0.717, 1.165) is 24.0 Å². The number of allylic oxidation sites excluding steroid dienone is 2. The van der Waals surface area contributed by atoms with Crippen molar-refractivity contribution in [2.75, 3.05) is 6.61 Å². The van der Waals surface area contributed by atoms with Crippen LogP contribution in [0.5, 0.6) is 5.75 Å². The number of carboxylic acids is 1. The summed E-state index contributed by atoms with van der Waals surface area (Å²) in [5, 5.41) is 21.3. The van der Waals surface area contributed by atoms with E-state index in [1.54, 1.807) is 0 Å². The molecule has 0 aliphatic heterocycles. The van der Waals surface area contributed by atoms with E-state index in [0.29, 0.717) is 19.4 Å². The molecule has 0 radical (unpaired) electrons. The lowest BCUT2D eigenvalue weighted by Gasteiger charge is -2.22. The summed E-state index contributed by atoms with van der Waals surface area (Å²) in [7, 11) is 0. The van der Waals surface area contributed by atoms with Gasteiger partial charge in [-0.1, -0.05) is 42.5 Å². The van der Waals surface area contributed by atoms with Crippen LogP contribution < -0.4 is 4.74 Å². The molecule has 1 aliphatic rings. The van der Waals surface area contributed by atoms with Crippen molar-refractivity contribution in [1.82, 2.24) is 0 Å². The predicted molar refractivity (Wildman–Crippen MR) is 112 cm³/mol. The highest BCUT2D eigenvalue weighted by molar-refractivity contribution is 6.21. The molecule has 4 nitrogen and oxygen atoms in total. The Morgan fingerprint density at radius 2 is 1.93 bits per heavy atom. The second kappa shape index (κ2) is 9.94. The Kier molecular flexibility index (Phi) is 7.35. The van der Waals surface area contributed by atoms with Gasteiger partial charge in [0.2, 0.25) is 0 Å². The van der Waals surface area contributed by atoms with Crippen molar-refractivity contribution in [2.24, 2.45) is 11.8 Å². The highest BCUT2D eigenvalue weighted by atomic mass is 35.5. The third-order valence-corrected chi connectivity index (χ3v) is 5.98. The summed E-state index contributed by atoms with van der Waals surface area (Å²) in [5.41, 5.74) is 0. The van der Waals surface area contributed by atoms with Crippen LogP contribution in [-0.2, 0) is 4.79 Å². The maximum absolute atomic E-state index is 10.5. The summed E-state index contributed by atoms with van der Waals surface area (Å²) in [5.74, 6) is 0.163. The van der Waals surface area contributed by atoms with Gasteiger partial charge in [0, 0.05) is 17.7 Å². The van der Waals surface area contributed by atoms with Gasteiger partial charge in [-0.25, -0.2) is 0 Å². The Hall–Kier alpha value is -2.04. The van der Waals surface area contributed by atoms with E-state index in [2.05, 4.69) is 18.2 Å². The second-order valence-electron chi connectivity index (χ2n) is 7.46. The highest BCUT2D eigenvalue weighted by Crippen LogP contribution is 2.39. The van der Waals surface area contributed by atoms with E-state index < -0.39 is 12.1 Å². The lowest BCUT2D eigenvalue weighted by molar-refractivity contribution is -0.137. The van der Waals surface area contributed by atoms with Gasteiger partial charge in [-0.2, -0.15) is 0 Å². The normalized spacial score (nSPS) is 24.8. The van der Waals surface area contributed by atoms with Crippen LogP contribution in [0, 0.1) is 11.8 Å². The molecule has 2 aromatic rings. The highest BCUT2D eigenvalue weighted by Gasteiger charge is 2.41. The zero-order valence-electron chi connectivity index (χ0n) is 15.8. The number of aliphatic hydroxyl groups is 1. The minimum Gasteiger partial charge on any atom is -0.493 e. The van der Waals surface area contributed by atoms with Gasteiger partial charge in [-0.15, -0.1) is 11.6 Å². The van der Waals surface area contributed by atoms with Gasteiger partial charge in [-0.05, 0) is 54.5 Å². The Bertz CT molecular complexity index is 819. The first-order chi connectivity index (χ1) is 13.5. The Morgan fingerprint density at radius 1 is 1.14 bits per heavy atom. The molecule has 0 spiro atoms. The number of ether oxygens (including phenoxy) is 1. The molecule has 1 fully saturated rings. The zero-order chi connectivity index (χ0) is 19.9. The number of hydrogen-bond donors (Lipinski definition) is 2. The number of hydrogen-bond acceptors (Lipinski definition) is 3. The molecule has 4 atom stereocenters. The lowest BCUT2D eigenvalue weighted by atomic mass is 9.92. The van der Waals surface area contributed by atoms with E-state index in [-0.39, 0.29) is 23.6 Å². The molecule has 0 saturated heterocycles. The maximum Gasteiger partial charge on any atom is 0.303 e. The fraction of sp³-hybridized carbons (Fsp3) is 0.435. The monoisotopic (exact) mass is 402 g/mol. The molecule has 5 heteroatoms. The van der Waals surface area contributed by atoms with Crippen molar-refractivity contribution in [3.63, 3.8) is 0 Å². The zero-order valence-corrected chi connectivity index (χ0v) is 16.6. The molecule has 2 N–H and O–H groups in total. The minimum absolute atomic E-state index is 0.0161. The number of aliphatic hydroxyl groups excluding tert-OH is 1. The van der Waals surface area contributed by atoms with Crippen molar-refractivity contribution in [2.45, 2.75) is 43.6 Å². The Labute approximate surface area is 170 Å². The average Bonchev–Trinajstić information content (AvgIpc) is 2.95. The van der Waals surface area contributed by atoms with E-state index in [9.17, 15) is 9.90 Å². The molecule has 2 aromatic carbocycles. The van der Waals surface area contributed by atoms with E-state index >= 15 is 0 Å². The van der Waals surface area contributed by atoms with Gasteiger partial charge < -0.3 is 14.9 Å². The number of carboxylic acid groups (broad SMARTS) is 1. The third-order valence-electron chi connectivity index (χ3n) is 5.48. The summed E-state index contributed by atoms with van der Waals surface area (Å²) in [4.78, 5) is 10.5. The SMILES string of the molecule is O=C(O)CCCC=CC[C@@H]1[C@@H](COc2ccc3ccccc3c2)[C@H](O)C[C@H]1Cl. The minimum atomic E-state index is -0.765. The Balaban J connectivity index is 1.55. The number of unbranched alkanes of at least 4 members (excludes halogenated alkanes) is 1. The fourth-order valence-electron chi connectivity index (χ4n) is 3.88. The van der Waals surface area contributed by atoms with Crippen LogP contribution in [0.25, 0.3) is 10.8 Å². The summed E-state index contributed by atoms with van der Waals surface area (Å²) in [6.45, 7) is 0.431. The van der Waals surface area contributed by atoms with Crippen molar-refractivity contribution < 1.29 is 19.7 Å². The maximum atomic E-state index is 10.5. The quantitative estimate of drug-likeness (QED) is 0.351. The molecule has 28 heavy (non-hydrogen) atoms. The van der Waals surface area contributed by atoms with Crippen LogP contribution in [-0.4, -0.2) is 34.3 Å². The van der Waals surface area contributed by atoms with Crippen LogP contribution >= 0.6 is 11.6 Å². The van der Waals surface area contributed by atoms with E-state index in [1.807, 2.05) is 36.4 Å². The second-order valence-corrected chi connectivity index (χ2v) is 8.02. The summed E-state index contributed by atoms with van der Waals surface area (Å²) < 4.78 is 6.01.